The van der Waals surface area contributed by atoms with E-state index in [-0.39, 0.29) is 165 Å². The topological polar surface area (TPSA) is 124 Å². The molecule has 4 N–H and O–H groups in total. The van der Waals surface area contributed by atoms with Crippen LogP contribution >= 0.6 is 15.6 Å². The van der Waals surface area contributed by atoms with Crippen LogP contribution in [0, 0.1) is 0 Å². The maximum Gasteiger partial charge on any atom is 2.00 e. The minimum atomic E-state index is -5.05. The summed E-state index contributed by atoms with van der Waals surface area (Å²) in [6, 6.07) is 0. The van der Waals surface area contributed by atoms with Gasteiger partial charge in [0.25, 0.3) is 0 Å². The quantitative estimate of drug-likeness (QED) is 0.294. The molecule has 0 aromatic rings. The van der Waals surface area contributed by atoms with Crippen LogP contribution in [0.15, 0.2) is 0 Å². The molecule has 0 amide bonds. The molecular formula is H10CaNa4O7P2. The van der Waals surface area contributed by atoms with E-state index in [2.05, 4.69) is 4.31 Å². The Morgan fingerprint density at radius 1 is 0.786 bits per heavy atom. The zero-order valence-electron chi connectivity index (χ0n) is 14.6. The molecule has 14 heteroatoms. The fourth-order valence-corrected chi connectivity index (χ4v) is 1.25. The maximum absolute atomic E-state index is 9.63. The molecule has 0 atom stereocenters. The van der Waals surface area contributed by atoms with Crippen molar-refractivity contribution in [3.8, 4) is 0 Å². The number of rotatable bonds is 2. The average Bonchev–Trinajstić information content (AvgIpc) is 1.14. The Bertz CT molecular complexity index is 182. The molecule has 0 spiro atoms. The molecule has 0 unspecified atom stereocenters. The van der Waals surface area contributed by atoms with Crippen LogP contribution in [0.5, 0.6) is 0 Å². The predicted octanol–water partition coefficient (Wildman–Crippen LogP) is -12.5. The first kappa shape index (κ1) is 36.6. The molecule has 0 heterocycles. The average molecular weight is 316 g/mol. The van der Waals surface area contributed by atoms with Crippen molar-refractivity contribution < 1.29 is 160 Å². The van der Waals surface area contributed by atoms with E-state index in [1.807, 2.05) is 0 Å². The van der Waals surface area contributed by atoms with Gasteiger partial charge in [0.1, 0.15) is 0 Å². The zero-order chi connectivity index (χ0) is 7.71. The first-order chi connectivity index (χ1) is 3.71. The number of hydrogen-bond acceptors (Lipinski definition) is 3. The van der Waals surface area contributed by atoms with Crippen molar-refractivity contribution in [2.75, 3.05) is 0 Å². The molecule has 7 nitrogen and oxygen atoms in total. The van der Waals surface area contributed by atoms with Crippen LogP contribution < -0.4 is 118 Å². The Morgan fingerprint density at radius 2 is 0.929 bits per heavy atom. The summed E-state index contributed by atoms with van der Waals surface area (Å²) in [7, 11) is -10.1. The van der Waals surface area contributed by atoms with E-state index in [0.29, 0.717) is 0 Å². The summed E-state index contributed by atoms with van der Waals surface area (Å²) in [5.41, 5.74) is 0. The first-order valence-electron chi connectivity index (χ1n) is 1.53. The second-order valence-corrected chi connectivity index (χ2v) is 3.68. The second-order valence-electron chi connectivity index (χ2n) is 1.06. The van der Waals surface area contributed by atoms with Gasteiger partial charge in [-0.3, -0.25) is 0 Å². The monoisotopic (exact) mass is 316 g/mol. The zero-order valence-corrected chi connectivity index (χ0v) is 20.6. The molecule has 0 rings (SSSR count). The van der Waals surface area contributed by atoms with E-state index >= 15 is 0 Å². The molecule has 0 aromatic carbocycles. The van der Waals surface area contributed by atoms with Gasteiger partial charge in [0.2, 0.25) is 0 Å². The minimum absolute atomic E-state index is 0. The molecule has 0 saturated carbocycles. The van der Waals surface area contributed by atoms with Gasteiger partial charge in [0, 0.05) is 0 Å². The third-order valence-electron chi connectivity index (χ3n) is 0.213. The van der Waals surface area contributed by atoms with Crippen LogP contribution in [0.4, 0.5) is 0 Å². The molecule has 0 aliphatic heterocycles. The van der Waals surface area contributed by atoms with Crippen molar-refractivity contribution in [2.24, 2.45) is 0 Å². The van der Waals surface area contributed by atoms with Gasteiger partial charge >= 0.3 is 172 Å². The molecule has 0 saturated heterocycles. The fourth-order valence-electron chi connectivity index (χ4n) is 0.139. The smallest absolute Gasteiger partial charge is 1.00 e. The SMILES string of the molecule is O=P(O)(O)OP(=O)(O)O.[Ca+2].[H-].[H-].[H-].[H-].[H-].[H-].[Na+].[Na+].[Na+].[Na+]. The number of phosphoric acid groups is 2. The Hall–Kier alpha value is 5.52. The van der Waals surface area contributed by atoms with Crippen molar-refractivity contribution in [1.82, 2.24) is 0 Å². The maximum atomic E-state index is 9.63. The van der Waals surface area contributed by atoms with E-state index in [0.717, 1.165) is 0 Å². The van der Waals surface area contributed by atoms with Crippen molar-refractivity contribution >= 4 is 53.4 Å². The molecule has 14 heavy (non-hydrogen) atoms. The third-order valence-corrected chi connectivity index (χ3v) is 1.91. The Labute approximate surface area is 208 Å². The van der Waals surface area contributed by atoms with Crippen LogP contribution in [0.3, 0.4) is 0 Å². The van der Waals surface area contributed by atoms with Gasteiger partial charge in [-0.15, -0.1) is 0 Å². The van der Waals surface area contributed by atoms with Crippen molar-refractivity contribution in [1.29, 1.82) is 0 Å². The van der Waals surface area contributed by atoms with Crippen molar-refractivity contribution in [3.05, 3.63) is 0 Å². The van der Waals surface area contributed by atoms with Crippen molar-refractivity contribution in [2.45, 2.75) is 0 Å². The summed E-state index contributed by atoms with van der Waals surface area (Å²) in [5, 5.41) is 0. The molecule has 0 radical (unpaired) electrons. The predicted molar refractivity (Wildman–Crippen MR) is 37.6 cm³/mol. The van der Waals surface area contributed by atoms with E-state index in [4.69, 9.17) is 19.6 Å². The van der Waals surface area contributed by atoms with Crippen LogP contribution in [0.2, 0.25) is 0 Å². The molecule has 0 aromatic heterocycles. The van der Waals surface area contributed by atoms with E-state index in [1.54, 1.807) is 0 Å². The van der Waals surface area contributed by atoms with Gasteiger partial charge in [-0.2, -0.15) is 4.31 Å². The van der Waals surface area contributed by atoms with Crippen molar-refractivity contribution in [3.63, 3.8) is 0 Å². The molecule has 0 aliphatic carbocycles. The van der Waals surface area contributed by atoms with Gasteiger partial charge in [0.15, 0.2) is 0 Å². The summed E-state index contributed by atoms with van der Waals surface area (Å²) in [6.45, 7) is 0. The van der Waals surface area contributed by atoms with Gasteiger partial charge < -0.3 is 28.1 Å². The number of hydrogen-bond donors (Lipinski definition) is 4. The third kappa shape index (κ3) is 36.0. The van der Waals surface area contributed by atoms with Gasteiger partial charge in [-0.1, -0.05) is 0 Å². The second kappa shape index (κ2) is 16.6. The molecular weight excluding hydrogens is 306 g/mol. The Morgan fingerprint density at radius 3 is 0.929 bits per heavy atom. The summed E-state index contributed by atoms with van der Waals surface area (Å²) in [6.07, 6.45) is 0. The van der Waals surface area contributed by atoms with E-state index < -0.39 is 15.6 Å². The molecule has 0 aliphatic rings. The fraction of sp³-hybridized carbons (Fsp3) is 0. The Kier molecular flexibility index (Phi) is 43.4. The van der Waals surface area contributed by atoms with Crippen LogP contribution in [0.1, 0.15) is 8.56 Å². The normalized spacial score (nSPS) is 8.86. The summed E-state index contributed by atoms with van der Waals surface area (Å²) in [4.78, 5) is 31.0. The summed E-state index contributed by atoms with van der Waals surface area (Å²) < 4.78 is 22.2. The van der Waals surface area contributed by atoms with E-state index in [1.165, 1.54) is 0 Å². The van der Waals surface area contributed by atoms with Gasteiger partial charge in [0.05, 0.1) is 0 Å². The minimum Gasteiger partial charge on any atom is -1.00 e. The van der Waals surface area contributed by atoms with Gasteiger partial charge in [-0.25, -0.2) is 9.13 Å². The van der Waals surface area contributed by atoms with Crippen LogP contribution in [-0.2, 0) is 13.4 Å². The summed E-state index contributed by atoms with van der Waals surface area (Å²) in [5.74, 6) is 0. The summed E-state index contributed by atoms with van der Waals surface area (Å²) >= 11 is 0. The van der Waals surface area contributed by atoms with Crippen LogP contribution in [0.25, 0.3) is 0 Å². The standard InChI is InChI=1S/Ca.4Na.H4O7P2.6H/c;;;;;1-8(2,3)7-9(4,5)6;;;;;;/h;;;;;(H2,1,2,3)(H2,4,5,6);;;;;;/q+2;4*+1;;6*-1. The van der Waals surface area contributed by atoms with Crippen LogP contribution in [-0.4, -0.2) is 57.3 Å². The largest absolute Gasteiger partial charge is 2.00 e. The van der Waals surface area contributed by atoms with Gasteiger partial charge in [-0.05, 0) is 0 Å². The molecule has 0 fully saturated rings. The molecule has 68 valence electrons. The van der Waals surface area contributed by atoms with E-state index in [9.17, 15) is 9.13 Å². The first-order valence-corrected chi connectivity index (χ1v) is 4.59. The molecule has 0 bridgehead atoms. The Balaban J connectivity index is -0.00000000582.